The van der Waals surface area contributed by atoms with Crippen LogP contribution in [0.5, 0.6) is 0 Å². The van der Waals surface area contributed by atoms with E-state index in [0.29, 0.717) is 22.4 Å². The highest BCUT2D eigenvalue weighted by molar-refractivity contribution is 7.98. The maximum Gasteiger partial charge on any atom is 0.328 e. The monoisotopic (exact) mass is 358 g/mol. The molecule has 0 fully saturated rings. The van der Waals surface area contributed by atoms with Gasteiger partial charge in [0.25, 0.3) is 10.8 Å². The molecular formula is C17H18N4O3S. The van der Waals surface area contributed by atoms with Crippen LogP contribution < -0.4 is 11.2 Å². The van der Waals surface area contributed by atoms with Gasteiger partial charge in [-0.15, -0.1) is 10.2 Å². The highest BCUT2D eigenvalue weighted by Crippen LogP contribution is 2.22. The average molecular weight is 358 g/mol. The minimum atomic E-state index is -0.439. The third kappa shape index (κ3) is 3.90. The van der Waals surface area contributed by atoms with Crippen LogP contribution in [0.3, 0.4) is 0 Å². The summed E-state index contributed by atoms with van der Waals surface area (Å²) in [4.78, 5) is 26.4. The Morgan fingerprint density at radius 1 is 1.16 bits per heavy atom. The van der Waals surface area contributed by atoms with Crippen molar-refractivity contribution in [3.8, 4) is 0 Å². The second-order valence-electron chi connectivity index (χ2n) is 5.81. The van der Waals surface area contributed by atoms with Crippen LogP contribution in [0.2, 0.25) is 0 Å². The van der Waals surface area contributed by atoms with Gasteiger partial charge >= 0.3 is 5.69 Å². The molecule has 8 heteroatoms. The van der Waals surface area contributed by atoms with E-state index in [9.17, 15) is 9.59 Å². The summed E-state index contributed by atoms with van der Waals surface area (Å²) >= 11 is 1.44. The van der Waals surface area contributed by atoms with E-state index in [4.69, 9.17) is 4.42 Å². The fourth-order valence-electron chi connectivity index (χ4n) is 2.33. The molecule has 0 saturated carbocycles. The van der Waals surface area contributed by atoms with E-state index in [1.807, 2.05) is 6.92 Å². The zero-order valence-corrected chi connectivity index (χ0v) is 15.0. The van der Waals surface area contributed by atoms with Crippen LogP contribution in [-0.4, -0.2) is 19.7 Å². The van der Waals surface area contributed by atoms with E-state index in [1.54, 1.807) is 6.92 Å². The van der Waals surface area contributed by atoms with Gasteiger partial charge in [0, 0.05) is 24.1 Å². The van der Waals surface area contributed by atoms with Crippen LogP contribution in [0.1, 0.15) is 28.3 Å². The molecule has 7 nitrogen and oxygen atoms in total. The lowest BCUT2D eigenvalue weighted by Gasteiger charge is -2.04. The SMILES string of the molecule is Cc1ccc(CSc2nnc(Cc3c(C)[nH]c(=O)n(C)c3=O)o2)cc1. The molecule has 3 rings (SSSR count). The first-order chi connectivity index (χ1) is 11.9. The molecule has 1 N–H and O–H groups in total. The molecule has 0 spiro atoms. The Balaban J connectivity index is 1.72. The van der Waals surface area contributed by atoms with Crippen LogP contribution in [0, 0.1) is 13.8 Å². The van der Waals surface area contributed by atoms with Crippen molar-refractivity contribution in [3.05, 3.63) is 73.4 Å². The van der Waals surface area contributed by atoms with E-state index in [0.717, 1.165) is 10.3 Å². The lowest BCUT2D eigenvalue weighted by Crippen LogP contribution is -2.36. The molecule has 0 bridgehead atoms. The number of H-pyrrole nitrogens is 1. The number of aromatic amines is 1. The Hall–Kier alpha value is -2.61. The van der Waals surface area contributed by atoms with Gasteiger partial charge in [-0.3, -0.25) is 9.36 Å². The van der Waals surface area contributed by atoms with Gasteiger partial charge in [-0.2, -0.15) is 0 Å². The number of hydrogen-bond acceptors (Lipinski definition) is 6. The molecule has 0 atom stereocenters. The maximum atomic E-state index is 12.2. The number of rotatable bonds is 5. The predicted molar refractivity (Wildman–Crippen MR) is 94.9 cm³/mol. The third-order valence-corrected chi connectivity index (χ3v) is 4.76. The summed E-state index contributed by atoms with van der Waals surface area (Å²) in [6.07, 6.45) is 0.188. The predicted octanol–water partition coefficient (Wildman–Crippen LogP) is 1.96. The van der Waals surface area contributed by atoms with Crippen molar-refractivity contribution < 1.29 is 4.42 Å². The standard InChI is InChI=1S/C17H18N4O3S/c1-10-4-6-12(7-5-10)9-25-17-20-19-14(24-17)8-13-11(2)18-16(23)21(3)15(13)22/h4-7H,8-9H2,1-3H3,(H,18,23). The lowest BCUT2D eigenvalue weighted by molar-refractivity contribution is 0.419. The largest absolute Gasteiger partial charge is 0.416 e. The number of aromatic nitrogens is 4. The van der Waals surface area contributed by atoms with E-state index >= 15 is 0 Å². The van der Waals surface area contributed by atoms with Gasteiger partial charge in [0.15, 0.2) is 0 Å². The third-order valence-electron chi connectivity index (χ3n) is 3.87. The zero-order chi connectivity index (χ0) is 18.0. The molecule has 3 aromatic rings. The maximum absolute atomic E-state index is 12.2. The first kappa shape index (κ1) is 17.2. The van der Waals surface area contributed by atoms with Crippen molar-refractivity contribution in [1.29, 1.82) is 0 Å². The van der Waals surface area contributed by atoms with Crippen LogP contribution in [-0.2, 0) is 19.2 Å². The minimum absolute atomic E-state index is 0.188. The topological polar surface area (TPSA) is 93.8 Å². The quantitative estimate of drug-likeness (QED) is 0.701. The molecule has 0 saturated heterocycles. The van der Waals surface area contributed by atoms with E-state index in [2.05, 4.69) is 39.4 Å². The van der Waals surface area contributed by atoms with Gasteiger partial charge in [0.2, 0.25) is 5.89 Å². The second kappa shape index (κ2) is 7.10. The van der Waals surface area contributed by atoms with Gasteiger partial charge in [-0.25, -0.2) is 4.79 Å². The van der Waals surface area contributed by atoms with Crippen molar-refractivity contribution in [1.82, 2.24) is 19.7 Å². The summed E-state index contributed by atoms with van der Waals surface area (Å²) in [5.74, 6) is 1.07. The number of nitrogens with one attached hydrogen (secondary N) is 1. The molecule has 0 aliphatic carbocycles. The average Bonchev–Trinajstić information content (AvgIpc) is 3.04. The molecule has 130 valence electrons. The normalized spacial score (nSPS) is 11.0. The highest BCUT2D eigenvalue weighted by atomic mass is 32.2. The van der Waals surface area contributed by atoms with Gasteiger partial charge < -0.3 is 9.40 Å². The highest BCUT2D eigenvalue weighted by Gasteiger charge is 2.14. The number of hydrogen-bond donors (Lipinski definition) is 1. The molecule has 0 unspecified atom stereocenters. The molecule has 0 aliphatic rings. The van der Waals surface area contributed by atoms with Gasteiger partial charge in [-0.1, -0.05) is 41.6 Å². The van der Waals surface area contributed by atoms with Gasteiger partial charge in [-0.05, 0) is 19.4 Å². The number of aryl methyl sites for hydroxylation is 2. The van der Waals surface area contributed by atoms with Crippen molar-refractivity contribution in [3.63, 3.8) is 0 Å². The summed E-state index contributed by atoms with van der Waals surface area (Å²) in [6.45, 7) is 3.73. The Bertz CT molecular complexity index is 1000. The van der Waals surface area contributed by atoms with Crippen molar-refractivity contribution >= 4 is 11.8 Å². The molecule has 0 radical (unpaired) electrons. The van der Waals surface area contributed by atoms with Gasteiger partial charge in [0.05, 0.1) is 6.42 Å². The van der Waals surface area contributed by atoms with Crippen molar-refractivity contribution in [2.75, 3.05) is 0 Å². The molecule has 2 aromatic heterocycles. The first-order valence-corrected chi connectivity index (χ1v) is 8.72. The molecule has 25 heavy (non-hydrogen) atoms. The summed E-state index contributed by atoms with van der Waals surface area (Å²) < 4.78 is 6.65. The Kier molecular flexibility index (Phi) is 4.89. The molecule has 0 aliphatic heterocycles. The molecular weight excluding hydrogens is 340 g/mol. The van der Waals surface area contributed by atoms with Crippen LogP contribution in [0.25, 0.3) is 0 Å². The summed E-state index contributed by atoms with van der Waals surface area (Å²) in [5, 5.41) is 8.46. The summed E-state index contributed by atoms with van der Waals surface area (Å²) in [7, 11) is 1.43. The minimum Gasteiger partial charge on any atom is -0.416 e. The Morgan fingerprint density at radius 2 is 1.88 bits per heavy atom. The smallest absolute Gasteiger partial charge is 0.328 e. The molecule has 0 amide bonds. The second-order valence-corrected chi connectivity index (χ2v) is 6.74. The number of thioether (sulfide) groups is 1. The van der Waals surface area contributed by atoms with Crippen LogP contribution in [0.4, 0.5) is 0 Å². The van der Waals surface area contributed by atoms with E-state index in [1.165, 1.54) is 29.9 Å². The Labute approximate surface area is 148 Å². The van der Waals surface area contributed by atoms with Crippen molar-refractivity contribution in [2.45, 2.75) is 31.2 Å². The molecule has 1 aromatic carbocycles. The zero-order valence-electron chi connectivity index (χ0n) is 14.2. The van der Waals surface area contributed by atoms with Crippen LogP contribution >= 0.6 is 11.8 Å². The molecule has 2 heterocycles. The van der Waals surface area contributed by atoms with Gasteiger partial charge in [0.1, 0.15) is 0 Å². The summed E-state index contributed by atoms with van der Waals surface area (Å²) in [5.41, 5.74) is 2.55. The lowest BCUT2D eigenvalue weighted by atomic mass is 10.2. The van der Waals surface area contributed by atoms with Crippen molar-refractivity contribution in [2.24, 2.45) is 7.05 Å². The van der Waals surface area contributed by atoms with E-state index < -0.39 is 5.69 Å². The Morgan fingerprint density at radius 3 is 2.60 bits per heavy atom. The van der Waals surface area contributed by atoms with Crippen LogP contribution in [0.15, 0.2) is 43.5 Å². The first-order valence-electron chi connectivity index (χ1n) is 7.73. The fourth-order valence-corrected chi connectivity index (χ4v) is 3.07. The van der Waals surface area contributed by atoms with E-state index in [-0.39, 0.29) is 12.0 Å². The fraction of sp³-hybridized carbons (Fsp3) is 0.294. The number of nitrogens with zero attached hydrogens (tertiary/aromatic N) is 3. The number of benzene rings is 1. The summed E-state index contributed by atoms with van der Waals surface area (Å²) in [6, 6.07) is 8.24.